The van der Waals surface area contributed by atoms with E-state index >= 15 is 0 Å². The zero-order valence-corrected chi connectivity index (χ0v) is 19.2. The number of nitrogens with zero attached hydrogens (tertiary/aromatic N) is 2. The predicted octanol–water partition coefficient (Wildman–Crippen LogP) is 0.182. The van der Waals surface area contributed by atoms with Crippen molar-refractivity contribution in [2.75, 3.05) is 11.9 Å². The fourth-order valence-electron chi connectivity index (χ4n) is 3.43. The van der Waals surface area contributed by atoms with Gasteiger partial charge in [0.05, 0.1) is 15.9 Å². The van der Waals surface area contributed by atoms with Crippen molar-refractivity contribution in [2.24, 2.45) is 0 Å². The molecular weight excluding hydrogens is 492 g/mol. The quantitative estimate of drug-likeness (QED) is 0.343. The van der Waals surface area contributed by atoms with Gasteiger partial charge in [-0.3, -0.25) is 19.7 Å². The van der Waals surface area contributed by atoms with Gasteiger partial charge in [0.1, 0.15) is 6.04 Å². The van der Waals surface area contributed by atoms with Crippen LogP contribution in [0.25, 0.3) is 0 Å². The molecule has 1 aliphatic rings. The second-order valence-electron chi connectivity index (χ2n) is 7.38. The fraction of sp³-hybridized carbons (Fsp3) is 0.263. The topological polar surface area (TPSA) is 193 Å². The lowest BCUT2D eigenvalue weighted by atomic mass is 10.2. The number of anilines is 1. The first kappa shape index (κ1) is 25.2. The van der Waals surface area contributed by atoms with E-state index in [0.717, 1.165) is 31.2 Å². The van der Waals surface area contributed by atoms with Crippen LogP contribution in [-0.4, -0.2) is 61.7 Å². The minimum absolute atomic E-state index is 0.121. The first-order valence-electron chi connectivity index (χ1n) is 9.70. The van der Waals surface area contributed by atoms with Crippen LogP contribution in [0.5, 0.6) is 0 Å². The van der Waals surface area contributed by atoms with Gasteiger partial charge in [-0.25, -0.2) is 21.6 Å². The van der Waals surface area contributed by atoms with Crippen LogP contribution < -0.4 is 10.0 Å². The van der Waals surface area contributed by atoms with E-state index in [1.54, 1.807) is 4.72 Å². The molecule has 0 unspecified atom stereocenters. The summed E-state index contributed by atoms with van der Waals surface area (Å²) in [5.41, 5.74) is -0.546. The third-order valence-electron chi connectivity index (χ3n) is 4.90. The summed E-state index contributed by atoms with van der Waals surface area (Å²) < 4.78 is 52.8. The highest BCUT2D eigenvalue weighted by atomic mass is 32.2. The maximum absolute atomic E-state index is 13.1. The summed E-state index contributed by atoms with van der Waals surface area (Å²) >= 11 is 0. The Morgan fingerprint density at radius 3 is 2.29 bits per heavy atom. The van der Waals surface area contributed by atoms with Gasteiger partial charge in [0.15, 0.2) is 4.90 Å². The van der Waals surface area contributed by atoms with Crippen LogP contribution in [0.2, 0.25) is 0 Å². The number of nitro benzene ring substituents is 1. The van der Waals surface area contributed by atoms with E-state index in [2.05, 4.69) is 5.32 Å². The summed E-state index contributed by atoms with van der Waals surface area (Å²) in [6, 6.07) is 8.03. The third kappa shape index (κ3) is 5.22. The van der Waals surface area contributed by atoms with E-state index in [1.807, 2.05) is 0 Å². The van der Waals surface area contributed by atoms with Gasteiger partial charge in [0.25, 0.3) is 25.7 Å². The second kappa shape index (κ2) is 9.46. The van der Waals surface area contributed by atoms with E-state index in [9.17, 15) is 41.6 Å². The Labute approximate surface area is 194 Å². The highest BCUT2D eigenvalue weighted by Crippen LogP contribution is 2.32. The molecule has 13 nitrogen and oxygen atoms in total. The molecule has 1 aliphatic heterocycles. The number of nitro groups is 1. The van der Waals surface area contributed by atoms with Gasteiger partial charge < -0.3 is 10.4 Å². The van der Waals surface area contributed by atoms with Crippen molar-refractivity contribution in [3.63, 3.8) is 0 Å². The van der Waals surface area contributed by atoms with Crippen molar-refractivity contribution in [1.82, 2.24) is 9.03 Å². The van der Waals surface area contributed by atoms with Crippen LogP contribution in [0.1, 0.15) is 13.3 Å². The summed E-state index contributed by atoms with van der Waals surface area (Å²) in [5, 5.41) is 23.8. The lowest BCUT2D eigenvalue weighted by Crippen LogP contribution is -2.43. The molecule has 0 aliphatic carbocycles. The van der Waals surface area contributed by atoms with Crippen molar-refractivity contribution in [3.8, 4) is 0 Å². The summed E-state index contributed by atoms with van der Waals surface area (Å²) in [6.07, 6.45) is -1.43. The second-order valence-corrected chi connectivity index (χ2v) is 10.9. The number of benzene rings is 2. The number of carbonyl (C=O) groups is 2. The minimum Gasteiger partial charge on any atom is -0.392 e. The third-order valence-corrected chi connectivity index (χ3v) is 8.27. The Hall–Kier alpha value is -3.40. The molecule has 0 spiro atoms. The van der Waals surface area contributed by atoms with Crippen molar-refractivity contribution in [1.29, 1.82) is 0 Å². The van der Waals surface area contributed by atoms with E-state index < -0.39 is 66.1 Å². The average molecular weight is 513 g/mol. The molecule has 2 atom stereocenters. The van der Waals surface area contributed by atoms with E-state index in [-0.39, 0.29) is 17.0 Å². The van der Waals surface area contributed by atoms with Crippen molar-refractivity contribution in [3.05, 3.63) is 58.6 Å². The Kier molecular flexibility index (Phi) is 7.02. The van der Waals surface area contributed by atoms with Gasteiger partial charge in [-0.05, 0) is 30.3 Å². The zero-order valence-electron chi connectivity index (χ0n) is 17.6. The molecule has 2 aromatic rings. The van der Waals surface area contributed by atoms with Gasteiger partial charge in [-0.1, -0.05) is 12.1 Å². The van der Waals surface area contributed by atoms with Crippen LogP contribution >= 0.6 is 0 Å². The van der Waals surface area contributed by atoms with Gasteiger partial charge in [0, 0.05) is 31.6 Å². The monoisotopic (exact) mass is 512 g/mol. The lowest BCUT2D eigenvalue weighted by molar-refractivity contribution is -0.387. The van der Waals surface area contributed by atoms with E-state index in [4.69, 9.17) is 0 Å². The number of hydrogen-bond donors (Lipinski definition) is 3. The number of nitrogens with one attached hydrogen (secondary N) is 2. The van der Waals surface area contributed by atoms with Crippen LogP contribution in [0, 0.1) is 10.1 Å². The number of amides is 2. The molecule has 2 amide bonds. The molecule has 1 fully saturated rings. The number of carbonyl (C=O) groups excluding carboxylic acids is 2. The minimum atomic E-state index is -4.52. The Bertz CT molecular complexity index is 1340. The van der Waals surface area contributed by atoms with Crippen molar-refractivity contribution in [2.45, 2.75) is 35.3 Å². The van der Waals surface area contributed by atoms with Gasteiger partial charge in [0.2, 0.25) is 11.8 Å². The van der Waals surface area contributed by atoms with Crippen LogP contribution in [-0.2, 0) is 29.6 Å². The number of rotatable bonds is 7. The number of aliphatic hydroxyl groups excluding tert-OH is 1. The van der Waals surface area contributed by atoms with Gasteiger partial charge >= 0.3 is 0 Å². The van der Waals surface area contributed by atoms with Crippen molar-refractivity contribution >= 4 is 43.2 Å². The highest BCUT2D eigenvalue weighted by Gasteiger charge is 2.45. The largest absolute Gasteiger partial charge is 0.392 e. The molecule has 3 N–H and O–H groups in total. The van der Waals surface area contributed by atoms with Crippen molar-refractivity contribution < 1.29 is 36.5 Å². The highest BCUT2D eigenvalue weighted by molar-refractivity contribution is 7.90. The normalized spacial score (nSPS) is 18.9. The number of β-amino-alcohol motifs (C(OH)–C–C–N with tert-alkyl or cyclic N) is 1. The predicted molar refractivity (Wildman–Crippen MR) is 117 cm³/mol. The Balaban J connectivity index is 1.85. The molecule has 0 saturated carbocycles. The smallest absolute Gasteiger partial charge is 0.289 e. The number of aliphatic hydroxyl groups is 1. The molecule has 0 radical (unpaired) electrons. The molecule has 2 aromatic carbocycles. The Morgan fingerprint density at radius 1 is 1.09 bits per heavy atom. The zero-order chi connectivity index (χ0) is 25.3. The molecule has 1 heterocycles. The van der Waals surface area contributed by atoms with E-state index in [1.165, 1.54) is 24.3 Å². The van der Waals surface area contributed by atoms with Crippen LogP contribution in [0.3, 0.4) is 0 Å². The number of hydrogen-bond acceptors (Lipinski definition) is 9. The molecule has 0 bridgehead atoms. The molecular formula is C19H20N4O9S2. The van der Waals surface area contributed by atoms with Crippen LogP contribution in [0.4, 0.5) is 11.4 Å². The van der Waals surface area contributed by atoms with Crippen LogP contribution in [0.15, 0.2) is 58.3 Å². The molecule has 1 saturated heterocycles. The lowest BCUT2D eigenvalue weighted by Gasteiger charge is -2.23. The molecule has 34 heavy (non-hydrogen) atoms. The summed E-state index contributed by atoms with van der Waals surface area (Å²) in [4.78, 5) is 33.5. The summed E-state index contributed by atoms with van der Waals surface area (Å²) in [5.74, 6) is -1.60. The fourth-order valence-corrected chi connectivity index (χ4v) is 6.22. The number of sulfonamides is 2. The molecule has 0 aromatic heterocycles. The molecule has 15 heteroatoms. The van der Waals surface area contributed by atoms with E-state index in [0.29, 0.717) is 4.31 Å². The van der Waals surface area contributed by atoms with Gasteiger partial charge in [-0.2, -0.15) is 4.31 Å². The SMILES string of the molecule is CC(=O)NS(=O)(=O)c1ccc(NC(=O)[C@H]2C[C@H](O)CN2S(=O)(=O)c2ccccc2[N+](=O)[O-])cc1. The standard InChI is InChI=1S/C19H20N4O9S2/c1-12(24)21-33(29,30)15-8-6-13(7-9-15)20-19(26)17-10-14(25)11-22(17)34(31,32)18-5-3-2-4-16(18)23(27)28/h2-9,14,17,25H,10-11H2,1H3,(H,20,26)(H,21,24)/t14-,17+/m0/s1. The molecule has 3 rings (SSSR count). The summed E-state index contributed by atoms with van der Waals surface area (Å²) in [6.45, 7) is 0.590. The summed E-state index contributed by atoms with van der Waals surface area (Å²) in [7, 11) is -8.61. The Morgan fingerprint density at radius 2 is 1.71 bits per heavy atom. The first-order valence-corrected chi connectivity index (χ1v) is 12.6. The maximum Gasteiger partial charge on any atom is 0.289 e. The number of para-hydroxylation sites is 1. The molecule has 182 valence electrons. The first-order chi connectivity index (χ1) is 15.8. The average Bonchev–Trinajstić information content (AvgIpc) is 3.16. The maximum atomic E-state index is 13.1. The van der Waals surface area contributed by atoms with Gasteiger partial charge in [-0.15, -0.1) is 0 Å².